The van der Waals surface area contributed by atoms with Crippen LogP contribution < -0.4 is 10.0 Å². The minimum atomic E-state index is -5.17. The Kier molecular flexibility index (Phi) is 9.34. The zero-order chi connectivity index (χ0) is 30.9. The summed E-state index contributed by atoms with van der Waals surface area (Å²) in [6.07, 6.45) is -7.05. The predicted molar refractivity (Wildman–Crippen MR) is 145 cm³/mol. The van der Waals surface area contributed by atoms with Crippen LogP contribution in [0.1, 0.15) is 74.2 Å². The molecule has 2 atom stereocenters. The van der Waals surface area contributed by atoms with Crippen molar-refractivity contribution < 1.29 is 39.6 Å². The number of hydrogen-bond donors (Lipinski definition) is 2. The van der Waals surface area contributed by atoms with Crippen molar-refractivity contribution in [2.75, 3.05) is 13.1 Å². The normalized spacial score (nSPS) is 20.5. The molecule has 232 valence electrons. The molecule has 0 aromatic heterocycles. The molecule has 6 nitrogen and oxygen atoms in total. The lowest BCUT2D eigenvalue weighted by Gasteiger charge is -2.38. The average molecular weight is 620 g/mol. The number of halogens is 6. The van der Waals surface area contributed by atoms with Gasteiger partial charge < -0.3 is 5.32 Å². The first-order valence-corrected chi connectivity index (χ1v) is 15.3. The van der Waals surface area contributed by atoms with Gasteiger partial charge in [0.2, 0.25) is 15.9 Å². The summed E-state index contributed by atoms with van der Waals surface area (Å²) in [5, 5.41) is 2.61. The Morgan fingerprint density at radius 1 is 1.07 bits per heavy atom. The fourth-order valence-corrected chi connectivity index (χ4v) is 7.08. The monoisotopic (exact) mass is 619 g/mol. The summed E-state index contributed by atoms with van der Waals surface area (Å²) in [6.45, 7) is 7.28. The molecule has 2 N–H and O–H groups in total. The lowest BCUT2D eigenvalue weighted by atomic mass is 9.83. The number of sulfonamides is 1. The number of hydrogen-bond acceptors (Lipinski definition) is 4. The Morgan fingerprint density at radius 2 is 1.81 bits per heavy atom. The van der Waals surface area contributed by atoms with E-state index in [2.05, 4.69) is 30.1 Å². The second kappa shape index (κ2) is 12.2. The molecule has 0 unspecified atom stereocenters. The fraction of sp³-hybridized carbons (Fsp3) is 0.552. The minimum absolute atomic E-state index is 0.245. The van der Waals surface area contributed by atoms with Crippen LogP contribution in [0.15, 0.2) is 47.4 Å². The topological polar surface area (TPSA) is 78.5 Å². The number of benzene rings is 2. The van der Waals surface area contributed by atoms with E-state index in [4.69, 9.17) is 0 Å². The molecular weight excluding hydrogens is 584 g/mol. The Labute approximate surface area is 241 Å². The van der Waals surface area contributed by atoms with Crippen LogP contribution in [0.3, 0.4) is 0 Å². The number of aryl methyl sites for hydroxylation is 1. The number of rotatable bonds is 8. The van der Waals surface area contributed by atoms with Crippen LogP contribution >= 0.6 is 0 Å². The van der Waals surface area contributed by atoms with E-state index in [0.29, 0.717) is 18.9 Å². The third-order valence-corrected chi connectivity index (χ3v) is 9.27. The van der Waals surface area contributed by atoms with Gasteiger partial charge in [0.05, 0.1) is 22.9 Å². The summed E-state index contributed by atoms with van der Waals surface area (Å²) >= 11 is 0. The maximum Gasteiger partial charge on any atom is 0.416 e. The number of nitrogens with one attached hydrogen (secondary N) is 2. The molecule has 2 aromatic carbocycles. The highest BCUT2D eigenvalue weighted by molar-refractivity contribution is 7.89. The van der Waals surface area contributed by atoms with E-state index in [1.807, 2.05) is 12.1 Å². The van der Waals surface area contributed by atoms with Crippen molar-refractivity contribution in [2.45, 2.75) is 88.2 Å². The molecule has 42 heavy (non-hydrogen) atoms. The Morgan fingerprint density at radius 3 is 2.48 bits per heavy atom. The van der Waals surface area contributed by atoms with Gasteiger partial charge in [0, 0.05) is 13.1 Å². The van der Waals surface area contributed by atoms with Gasteiger partial charge in [-0.25, -0.2) is 8.42 Å². The minimum Gasteiger partial charge on any atom is -0.349 e. The van der Waals surface area contributed by atoms with E-state index in [1.165, 1.54) is 11.1 Å². The van der Waals surface area contributed by atoms with E-state index in [9.17, 15) is 39.6 Å². The van der Waals surface area contributed by atoms with Crippen LogP contribution in [-0.4, -0.2) is 44.5 Å². The van der Waals surface area contributed by atoms with Crippen LogP contribution in [0.2, 0.25) is 0 Å². The number of likely N-dealkylation sites (tertiary alicyclic amines) is 1. The summed E-state index contributed by atoms with van der Waals surface area (Å²) in [4.78, 5) is 14.2. The lowest BCUT2D eigenvalue weighted by molar-refractivity contribution is -0.158. The second-order valence-corrected chi connectivity index (χ2v) is 13.7. The highest BCUT2D eigenvalue weighted by Gasteiger charge is 2.44. The third-order valence-electron chi connectivity index (χ3n) is 7.80. The van der Waals surface area contributed by atoms with Gasteiger partial charge in [0.25, 0.3) is 0 Å². The van der Waals surface area contributed by atoms with Crippen LogP contribution in [0.4, 0.5) is 26.3 Å². The first-order valence-electron chi connectivity index (χ1n) is 13.8. The number of piperidine rings is 1. The van der Waals surface area contributed by atoms with Crippen molar-refractivity contribution in [1.82, 2.24) is 14.9 Å². The number of carbonyl (C=O) groups is 1. The van der Waals surface area contributed by atoms with Crippen molar-refractivity contribution >= 4 is 15.9 Å². The number of alkyl halides is 6. The molecule has 0 saturated carbocycles. The van der Waals surface area contributed by atoms with Gasteiger partial charge in [0.15, 0.2) is 0 Å². The first kappa shape index (κ1) is 32.3. The van der Waals surface area contributed by atoms with Crippen LogP contribution in [0.5, 0.6) is 0 Å². The molecule has 1 saturated heterocycles. The predicted octanol–water partition coefficient (Wildman–Crippen LogP) is 6.12. The highest BCUT2D eigenvalue weighted by atomic mass is 32.2. The summed E-state index contributed by atoms with van der Waals surface area (Å²) in [6, 6.07) is 4.94. The molecular formula is C29H35F6N3O3S. The molecule has 0 spiro atoms. The van der Waals surface area contributed by atoms with Gasteiger partial charge in [0.1, 0.15) is 6.04 Å². The molecule has 1 aliphatic heterocycles. The van der Waals surface area contributed by atoms with Crippen LogP contribution in [0, 0.1) is 5.41 Å². The van der Waals surface area contributed by atoms with Crippen LogP contribution in [-0.2, 0) is 34.0 Å². The van der Waals surface area contributed by atoms with Crippen molar-refractivity contribution in [3.05, 3.63) is 64.7 Å². The second-order valence-electron chi connectivity index (χ2n) is 12.0. The molecule has 1 aliphatic carbocycles. The van der Waals surface area contributed by atoms with E-state index < -0.39 is 57.2 Å². The molecule has 0 bridgehead atoms. The molecule has 13 heteroatoms. The summed E-state index contributed by atoms with van der Waals surface area (Å²) in [7, 11) is -5.03. The lowest BCUT2D eigenvalue weighted by Crippen LogP contribution is -2.48. The Bertz CT molecular complexity index is 1390. The standard InChI is InChI=1S/C29H35F6N3O3S/c1-27(2)12-5-13-38(18-27)17-19-10-11-23-20(14-19)6-3-9-24(23)36-26(39)16-25(29(33,34)35)37-42(40,41)22-8-4-7-21(15-22)28(30,31)32/h4,7-8,10-11,14-15,24-25,37H,3,5-6,9,12-13,16-18H2,1-2H3,(H,36,39)/t24-,25-/m1/s1. The third kappa shape index (κ3) is 8.25. The van der Waals surface area contributed by atoms with Crippen molar-refractivity contribution in [2.24, 2.45) is 5.41 Å². The number of carbonyl (C=O) groups excluding carboxylic acids is 1. The van der Waals surface area contributed by atoms with Gasteiger partial charge in [-0.1, -0.05) is 38.1 Å². The first-order chi connectivity index (χ1) is 19.4. The van der Waals surface area contributed by atoms with E-state index in [-0.39, 0.29) is 11.5 Å². The smallest absolute Gasteiger partial charge is 0.349 e. The van der Waals surface area contributed by atoms with Crippen molar-refractivity contribution in [3.8, 4) is 0 Å². The zero-order valence-electron chi connectivity index (χ0n) is 23.4. The quantitative estimate of drug-likeness (QED) is 0.349. The average Bonchev–Trinajstić information content (AvgIpc) is 2.87. The largest absolute Gasteiger partial charge is 0.416 e. The molecule has 4 rings (SSSR count). The Balaban J connectivity index is 1.44. The summed E-state index contributed by atoms with van der Waals surface area (Å²) < 4.78 is 107. The van der Waals surface area contributed by atoms with Gasteiger partial charge in [-0.2, -0.15) is 31.1 Å². The highest BCUT2D eigenvalue weighted by Crippen LogP contribution is 2.34. The van der Waals surface area contributed by atoms with E-state index in [0.717, 1.165) is 61.3 Å². The summed E-state index contributed by atoms with van der Waals surface area (Å²) in [5.74, 6) is -1.03. The van der Waals surface area contributed by atoms with E-state index >= 15 is 0 Å². The van der Waals surface area contributed by atoms with Crippen molar-refractivity contribution in [3.63, 3.8) is 0 Å². The van der Waals surface area contributed by atoms with E-state index in [1.54, 1.807) is 0 Å². The molecule has 1 amide bonds. The van der Waals surface area contributed by atoms with Crippen LogP contribution in [0.25, 0.3) is 0 Å². The molecule has 2 aromatic rings. The van der Waals surface area contributed by atoms with Gasteiger partial charge in [-0.05, 0) is 79.0 Å². The number of fused-ring (bicyclic) bond motifs is 1. The van der Waals surface area contributed by atoms with Crippen molar-refractivity contribution in [1.29, 1.82) is 0 Å². The molecule has 1 heterocycles. The van der Waals surface area contributed by atoms with Gasteiger partial charge >= 0.3 is 12.4 Å². The van der Waals surface area contributed by atoms with Gasteiger partial charge in [-0.15, -0.1) is 0 Å². The molecule has 1 fully saturated rings. The maximum absolute atomic E-state index is 13.8. The summed E-state index contributed by atoms with van der Waals surface area (Å²) in [5.41, 5.74) is 1.87. The Hall–Kier alpha value is -2.64. The number of amides is 1. The maximum atomic E-state index is 13.8. The number of nitrogens with zero attached hydrogens (tertiary/aromatic N) is 1. The zero-order valence-corrected chi connectivity index (χ0v) is 24.2. The SMILES string of the molecule is CC1(C)CCCN(Cc2ccc3c(c2)CCC[C@H]3NC(=O)C[C@@H](NS(=O)(=O)c2cccc(C(F)(F)F)c2)C(F)(F)F)C1. The molecule has 2 aliphatic rings. The fourth-order valence-electron chi connectivity index (χ4n) is 5.81. The van der Waals surface area contributed by atoms with Gasteiger partial charge in [-0.3, -0.25) is 9.69 Å². The molecule has 0 radical (unpaired) electrons.